The summed E-state index contributed by atoms with van der Waals surface area (Å²) < 4.78 is 38.7. The molecular weight excluding hydrogens is 255 g/mol. The topological polar surface area (TPSA) is 23.5 Å². The Kier molecular flexibility index (Phi) is 3.76. The first-order valence-corrected chi connectivity index (χ1v) is 6.35. The molecule has 1 N–H and O–H groups in total. The standard InChI is InChI=1S/C14H18F3NO/c1-9-5-11(9)7-18(2)12-4-3-10(8-19)13(6-12)14(15,16)17/h3-4,6,9,11,19H,5,7-8H2,1-2H3. The molecule has 0 bridgehead atoms. The predicted molar refractivity (Wildman–Crippen MR) is 67.9 cm³/mol. The van der Waals surface area contributed by atoms with Gasteiger partial charge in [-0.3, -0.25) is 0 Å². The third-order valence-electron chi connectivity index (χ3n) is 3.79. The number of rotatable bonds is 4. The van der Waals surface area contributed by atoms with Gasteiger partial charge in [0.15, 0.2) is 0 Å². The number of hydrogen-bond donors (Lipinski definition) is 1. The van der Waals surface area contributed by atoms with Crippen LogP contribution in [0.2, 0.25) is 0 Å². The van der Waals surface area contributed by atoms with Crippen LogP contribution in [0.4, 0.5) is 18.9 Å². The van der Waals surface area contributed by atoms with E-state index in [0.29, 0.717) is 17.5 Å². The fourth-order valence-electron chi connectivity index (χ4n) is 2.31. The molecule has 0 amide bonds. The SMILES string of the molecule is CC1CC1CN(C)c1ccc(CO)c(C(F)(F)F)c1. The highest BCUT2D eigenvalue weighted by atomic mass is 19.4. The molecule has 2 nitrogen and oxygen atoms in total. The van der Waals surface area contributed by atoms with E-state index in [1.165, 1.54) is 6.07 Å². The van der Waals surface area contributed by atoms with E-state index in [0.717, 1.165) is 19.0 Å². The zero-order valence-electron chi connectivity index (χ0n) is 11.0. The van der Waals surface area contributed by atoms with Crippen LogP contribution in [0, 0.1) is 11.8 Å². The number of halogens is 3. The van der Waals surface area contributed by atoms with E-state index in [9.17, 15) is 13.2 Å². The van der Waals surface area contributed by atoms with E-state index in [1.807, 2.05) is 4.90 Å². The average Bonchev–Trinajstić information content (AvgIpc) is 3.02. The molecule has 1 aromatic carbocycles. The van der Waals surface area contributed by atoms with E-state index in [4.69, 9.17) is 5.11 Å². The molecule has 106 valence electrons. The Morgan fingerprint density at radius 1 is 1.37 bits per heavy atom. The summed E-state index contributed by atoms with van der Waals surface area (Å²) in [5, 5.41) is 8.99. The Morgan fingerprint density at radius 3 is 2.47 bits per heavy atom. The lowest BCUT2D eigenvalue weighted by molar-refractivity contribution is -0.138. The number of aliphatic hydroxyl groups excluding tert-OH is 1. The molecule has 1 aliphatic rings. The van der Waals surface area contributed by atoms with Crippen molar-refractivity contribution in [2.45, 2.75) is 26.1 Å². The zero-order valence-corrected chi connectivity index (χ0v) is 11.0. The minimum atomic E-state index is -4.43. The molecule has 1 aromatic rings. The summed E-state index contributed by atoms with van der Waals surface area (Å²) in [6, 6.07) is 4.11. The first kappa shape index (κ1) is 14.2. The van der Waals surface area contributed by atoms with Crippen molar-refractivity contribution in [2.24, 2.45) is 11.8 Å². The van der Waals surface area contributed by atoms with E-state index >= 15 is 0 Å². The van der Waals surface area contributed by atoms with Crippen LogP contribution >= 0.6 is 0 Å². The molecule has 0 saturated heterocycles. The molecular formula is C14H18F3NO. The van der Waals surface area contributed by atoms with Gasteiger partial charge in [0.25, 0.3) is 0 Å². The van der Waals surface area contributed by atoms with Crippen LogP contribution < -0.4 is 4.90 Å². The van der Waals surface area contributed by atoms with Crippen molar-refractivity contribution in [3.8, 4) is 0 Å². The highest BCUT2D eigenvalue weighted by molar-refractivity contribution is 5.51. The van der Waals surface area contributed by atoms with Gasteiger partial charge in [-0.05, 0) is 36.0 Å². The number of hydrogen-bond acceptors (Lipinski definition) is 2. The van der Waals surface area contributed by atoms with Crippen LogP contribution in [0.1, 0.15) is 24.5 Å². The molecule has 0 radical (unpaired) electrons. The summed E-state index contributed by atoms with van der Waals surface area (Å²) in [7, 11) is 1.80. The van der Waals surface area contributed by atoms with Gasteiger partial charge < -0.3 is 10.0 Å². The van der Waals surface area contributed by atoms with Crippen LogP contribution in [0.3, 0.4) is 0 Å². The molecule has 2 unspecified atom stereocenters. The Morgan fingerprint density at radius 2 is 2.00 bits per heavy atom. The highest BCUT2D eigenvalue weighted by Gasteiger charge is 2.35. The van der Waals surface area contributed by atoms with E-state index in [2.05, 4.69) is 6.92 Å². The normalized spacial score (nSPS) is 22.4. The molecule has 0 aromatic heterocycles. The fourth-order valence-corrected chi connectivity index (χ4v) is 2.31. The Labute approximate surface area is 110 Å². The molecule has 1 aliphatic carbocycles. The second-order valence-electron chi connectivity index (χ2n) is 5.35. The number of benzene rings is 1. The Bertz CT molecular complexity index is 458. The molecule has 0 heterocycles. The molecule has 1 fully saturated rings. The molecule has 5 heteroatoms. The minimum absolute atomic E-state index is 0.0792. The van der Waals surface area contributed by atoms with Gasteiger partial charge in [-0.2, -0.15) is 13.2 Å². The highest BCUT2D eigenvalue weighted by Crippen LogP contribution is 2.39. The van der Waals surface area contributed by atoms with Crippen molar-refractivity contribution in [2.75, 3.05) is 18.5 Å². The quantitative estimate of drug-likeness (QED) is 0.910. The van der Waals surface area contributed by atoms with Crippen molar-refractivity contribution in [1.29, 1.82) is 0 Å². The number of aliphatic hydroxyl groups is 1. The second kappa shape index (κ2) is 5.04. The van der Waals surface area contributed by atoms with E-state index in [1.54, 1.807) is 13.1 Å². The fraction of sp³-hybridized carbons (Fsp3) is 0.571. The maximum atomic E-state index is 12.9. The van der Waals surface area contributed by atoms with Gasteiger partial charge in [-0.25, -0.2) is 0 Å². The Balaban J connectivity index is 2.22. The van der Waals surface area contributed by atoms with Gasteiger partial charge in [0.1, 0.15) is 0 Å². The first-order valence-electron chi connectivity index (χ1n) is 6.35. The van der Waals surface area contributed by atoms with Gasteiger partial charge in [0.2, 0.25) is 0 Å². The lowest BCUT2D eigenvalue weighted by Crippen LogP contribution is -2.21. The second-order valence-corrected chi connectivity index (χ2v) is 5.35. The number of nitrogens with zero attached hydrogens (tertiary/aromatic N) is 1. The van der Waals surface area contributed by atoms with E-state index < -0.39 is 18.3 Å². The zero-order chi connectivity index (χ0) is 14.2. The Hall–Kier alpha value is -1.23. The molecule has 0 aliphatic heterocycles. The lowest BCUT2D eigenvalue weighted by Gasteiger charge is -2.22. The minimum Gasteiger partial charge on any atom is -0.392 e. The monoisotopic (exact) mass is 273 g/mol. The van der Waals surface area contributed by atoms with Gasteiger partial charge in [0.05, 0.1) is 12.2 Å². The summed E-state index contributed by atoms with van der Waals surface area (Å²) >= 11 is 0. The lowest BCUT2D eigenvalue weighted by atomic mass is 10.1. The maximum Gasteiger partial charge on any atom is 0.416 e. The van der Waals surface area contributed by atoms with Gasteiger partial charge in [-0.1, -0.05) is 13.0 Å². The van der Waals surface area contributed by atoms with Crippen LogP contribution in [0.15, 0.2) is 18.2 Å². The van der Waals surface area contributed by atoms with Crippen molar-refractivity contribution < 1.29 is 18.3 Å². The van der Waals surface area contributed by atoms with Crippen molar-refractivity contribution in [3.05, 3.63) is 29.3 Å². The first-order chi connectivity index (χ1) is 8.82. The molecule has 2 atom stereocenters. The average molecular weight is 273 g/mol. The maximum absolute atomic E-state index is 12.9. The third-order valence-corrected chi connectivity index (χ3v) is 3.79. The van der Waals surface area contributed by atoms with Gasteiger partial charge >= 0.3 is 6.18 Å². The smallest absolute Gasteiger partial charge is 0.392 e. The van der Waals surface area contributed by atoms with Crippen LogP contribution in [-0.4, -0.2) is 18.7 Å². The van der Waals surface area contributed by atoms with Crippen molar-refractivity contribution in [3.63, 3.8) is 0 Å². The van der Waals surface area contributed by atoms with Crippen LogP contribution in [-0.2, 0) is 12.8 Å². The number of anilines is 1. The van der Waals surface area contributed by atoms with Crippen LogP contribution in [0.5, 0.6) is 0 Å². The third kappa shape index (κ3) is 3.21. The molecule has 1 saturated carbocycles. The number of alkyl halides is 3. The van der Waals surface area contributed by atoms with Crippen molar-refractivity contribution >= 4 is 5.69 Å². The van der Waals surface area contributed by atoms with Crippen LogP contribution in [0.25, 0.3) is 0 Å². The summed E-state index contributed by atoms with van der Waals surface area (Å²) in [6.07, 6.45) is -3.28. The largest absolute Gasteiger partial charge is 0.416 e. The summed E-state index contributed by atoms with van der Waals surface area (Å²) in [6.45, 7) is 2.32. The van der Waals surface area contributed by atoms with Gasteiger partial charge in [-0.15, -0.1) is 0 Å². The summed E-state index contributed by atoms with van der Waals surface area (Å²) in [5.74, 6) is 1.25. The molecule has 0 spiro atoms. The summed E-state index contributed by atoms with van der Waals surface area (Å²) in [4.78, 5) is 1.85. The summed E-state index contributed by atoms with van der Waals surface area (Å²) in [5.41, 5.74) is -0.281. The van der Waals surface area contributed by atoms with E-state index in [-0.39, 0.29) is 5.56 Å². The molecule has 19 heavy (non-hydrogen) atoms. The van der Waals surface area contributed by atoms with Crippen molar-refractivity contribution in [1.82, 2.24) is 0 Å². The molecule has 2 rings (SSSR count). The predicted octanol–water partition coefficient (Wildman–Crippen LogP) is 3.29. The van der Waals surface area contributed by atoms with Gasteiger partial charge in [0, 0.05) is 19.3 Å².